The smallest absolute Gasteiger partial charge is 0.255 e. The van der Waals surface area contributed by atoms with Crippen LogP contribution in [-0.2, 0) is 13.1 Å². The number of benzene rings is 2. The van der Waals surface area contributed by atoms with Gasteiger partial charge in [-0.1, -0.05) is 30.2 Å². The van der Waals surface area contributed by atoms with E-state index in [4.69, 9.17) is 4.74 Å². The number of amides is 1. The number of aromatic nitrogens is 2. The van der Waals surface area contributed by atoms with E-state index in [0.717, 1.165) is 50.5 Å². The van der Waals surface area contributed by atoms with Gasteiger partial charge in [0, 0.05) is 74.5 Å². The van der Waals surface area contributed by atoms with Gasteiger partial charge in [0.2, 0.25) is 5.88 Å². The van der Waals surface area contributed by atoms with Crippen LogP contribution >= 0.6 is 0 Å². The van der Waals surface area contributed by atoms with Gasteiger partial charge in [0.1, 0.15) is 5.69 Å². The highest BCUT2D eigenvalue weighted by molar-refractivity contribution is 6.04. The lowest BCUT2D eigenvalue weighted by molar-refractivity contribution is 0.102. The summed E-state index contributed by atoms with van der Waals surface area (Å²) in [5.41, 5.74) is 5.29. The number of hydrogen-bond acceptors (Lipinski definition) is 6. The molecule has 39 heavy (non-hydrogen) atoms. The molecule has 7 heteroatoms. The van der Waals surface area contributed by atoms with Crippen molar-refractivity contribution in [2.24, 2.45) is 0 Å². The fourth-order valence-corrected chi connectivity index (χ4v) is 4.45. The van der Waals surface area contributed by atoms with E-state index in [1.807, 2.05) is 79.1 Å². The molecule has 3 heterocycles. The Bertz CT molecular complexity index is 1440. The van der Waals surface area contributed by atoms with Crippen molar-refractivity contribution in [1.29, 1.82) is 0 Å². The van der Waals surface area contributed by atoms with Gasteiger partial charge in [-0.15, -0.1) is 0 Å². The molecule has 1 aliphatic rings. The zero-order valence-electron chi connectivity index (χ0n) is 22.0. The van der Waals surface area contributed by atoms with Crippen LogP contribution in [0.15, 0.2) is 91.3 Å². The molecule has 1 amide bonds. The fourth-order valence-electron chi connectivity index (χ4n) is 4.45. The Morgan fingerprint density at radius 2 is 1.56 bits per heavy atom. The minimum Gasteiger partial charge on any atom is -0.481 e. The fraction of sp³-hybridized carbons (Fsp3) is 0.219. The Kier molecular flexibility index (Phi) is 8.59. The molecule has 0 aliphatic carbocycles. The molecule has 0 saturated carbocycles. The Balaban J connectivity index is 1.09. The number of rotatable bonds is 7. The minimum absolute atomic E-state index is 0.134. The topological polar surface area (TPSA) is 70.6 Å². The molecule has 0 radical (unpaired) electrons. The molecule has 1 saturated heterocycles. The lowest BCUT2D eigenvalue weighted by atomic mass is 10.1. The molecular weight excluding hydrogens is 486 g/mol. The normalized spacial score (nSPS) is 13.8. The number of methoxy groups -OCH3 is 1. The van der Waals surface area contributed by atoms with E-state index in [0.29, 0.717) is 17.1 Å². The number of carbonyl (C=O) groups excluding carboxylic acids is 1. The summed E-state index contributed by atoms with van der Waals surface area (Å²) < 4.78 is 5.13. The molecule has 0 atom stereocenters. The number of nitrogens with zero attached hydrogens (tertiary/aromatic N) is 4. The lowest BCUT2D eigenvalue weighted by Crippen LogP contribution is -2.45. The van der Waals surface area contributed by atoms with E-state index in [-0.39, 0.29) is 5.91 Å². The highest BCUT2D eigenvalue weighted by atomic mass is 16.5. The SMILES string of the molecule is COc1cccc(C#Cc2ccc(NC(=O)c3ccc(CN4CCN(Cc5cccnc5)CC4)cc3)cc2)n1. The van der Waals surface area contributed by atoms with Crippen LogP contribution in [0, 0.1) is 11.8 Å². The van der Waals surface area contributed by atoms with Crippen molar-refractivity contribution in [2.45, 2.75) is 13.1 Å². The molecule has 1 N–H and O–H groups in total. The van der Waals surface area contributed by atoms with E-state index in [1.54, 1.807) is 13.2 Å². The molecule has 0 bridgehead atoms. The summed E-state index contributed by atoms with van der Waals surface area (Å²) in [6.45, 7) is 5.96. The summed E-state index contributed by atoms with van der Waals surface area (Å²) >= 11 is 0. The summed E-state index contributed by atoms with van der Waals surface area (Å²) in [5, 5.41) is 2.96. The summed E-state index contributed by atoms with van der Waals surface area (Å²) in [4.78, 5) is 26.2. The predicted molar refractivity (Wildman–Crippen MR) is 152 cm³/mol. The second kappa shape index (κ2) is 12.8. The molecule has 0 unspecified atom stereocenters. The van der Waals surface area contributed by atoms with Crippen molar-refractivity contribution in [3.8, 4) is 17.7 Å². The average molecular weight is 518 g/mol. The maximum Gasteiger partial charge on any atom is 0.255 e. The van der Waals surface area contributed by atoms with E-state index in [1.165, 1.54) is 11.1 Å². The van der Waals surface area contributed by atoms with Gasteiger partial charge in [0.15, 0.2) is 0 Å². The summed E-state index contributed by atoms with van der Waals surface area (Å²) in [6, 6.07) is 24.9. The Morgan fingerprint density at radius 3 is 2.23 bits per heavy atom. The molecule has 2 aromatic carbocycles. The molecule has 7 nitrogen and oxygen atoms in total. The standard InChI is InChI=1S/C32H31N5O2/c1-39-31-6-2-5-29(34-31)14-9-25-10-15-30(16-11-25)35-32(38)28-12-7-26(8-13-28)23-36-18-20-37(21-19-36)24-27-4-3-17-33-22-27/h2-8,10-13,15-17,22H,18-21,23-24H2,1H3,(H,35,38). The Morgan fingerprint density at radius 1 is 0.846 bits per heavy atom. The zero-order valence-corrected chi connectivity index (χ0v) is 22.0. The first kappa shape index (κ1) is 26.1. The van der Waals surface area contributed by atoms with E-state index in [9.17, 15) is 4.79 Å². The molecule has 2 aromatic heterocycles. The van der Waals surface area contributed by atoms with Crippen molar-refractivity contribution in [2.75, 3.05) is 38.6 Å². The first-order valence-corrected chi connectivity index (χ1v) is 13.0. The van der Waals surface area contributed by atoms with Crippen molar-refractivity contribution < 1.29 is 9.53 Å². The van der Waals surface area contributed by atoms with Crippen LogP contribution in [0.3, 0.4) is 0 Å². The van der Waals surface area contributed by atoms with Crippen molar-refractivity contribution >= 4 is 11.6 Å². The van der Waals surface area contributed by atoms with Crippen LogP contribution in [0.4, 0.5) is 5.69 Å². The first-order valence-electron chi connectivity index (χ1n) is 13.0. The van der Waals surface area contributed by atoms with Gasteiger partial charge in [-0.05, 0) is 65.6 Å². The zero-order chi connectivity index (χ0) is 26.9. The van der Waals surface area contributed by atoms with Gasteiger partial charge in [0.25, 0.3) is 5.91 Å². The van der Waals surface area contributed by atoms with Gasteiger partial charge in [-0.25, -0.2) is 4.98 Å². The second-order valence-electron chi connectivity index (χ2n) is 9.46. The first-order chi connectivity index (χ1) is 19.1. The van der Waals surface area contributed by atoms with Crippen LogP contribution in [0.25, 0.3) is 0 Å². The van der Waals surface area contributed by atoms with Gasteiger partial charge in [0.05, 0.1) is 7.11 Å². The highest BCUT2D eigenvalue weighted by Gasteiger charge is 2.17. The largest absolute Gasteiger partial charge is 0.481 e. The third-order valence-corrected chi connectivity index (χ3v) is 6.63. The Labute approximate surface area is 229 Å². The van der Waals surface area contributed by atoms with E-state index in [2.05, 4.69) is 43.0 Å². The van der Waals surface area contributed by atoms with Crippen molar-refractivity contribution in [1.82, 2.24) is 19.8 Å². The summed E-state index contributed by atoms with van der Waals surface area (Å²) in [7, 11) is 1.58. The molecular formula is C32H31N5O2. The van der Waals surface area contributed by atoms with Gasteiger partial charge >= 0.3 is 0 Å². The van der Waals surface area contributed by atoms with Crippen LogP contribution < -0.4 is 10.1 Å². The Hall–Kier alpha value is -4.51. The van der Waals surface area contributed by atoms with Gasteiger partial charge in [-0.3, -0.25) is 19.6 Å². The molecule has 5 rings (SSSR count). The number of carbonyl (C=O) groups is 1. The van der Waals surface area contributed by atoms with E-state index >= 15 is 0 Å². The highest BCUT2D eigenvalue weighted by Crippen LogP contribution is 2.15. The predicted octanol–water partition coefficient (Wildman–Crippen LogP) is 4.46. The van der Waals surface area contributed by atoms with Gasteiger partial charge in [-0.2, -0.15) is 0 Å². The van der Waals surface area contributed by atoms with Crippen LogP contribution in [0.2, 0.25) is 0 Å². The van der Waals surface area contributed by atoms with Crippen LogP contribution in [0.5, 0.6) is 5.88 Å². The molecule has 0 spiro atoms. The third-order valence-electron chi connectivity index (χ3n) is 6.63. The van der Waals surface area contributed by atoms with Crippen molar-refractivity contribution in [3.63, 3.8) is 0 Å². The monoisotopic (exact) mass is 517 g/mol. The maximum atomic E-state index is 12.8. The molecule has 4 aromatic rings. The molecule has 1 aliphatic heterocycles. The second-order valence-corrected chi connectivity index (χ2v) is 9.46. The number of hydrogen-bond donors (Lipinski definition) is 1. The molecule has 196 valence electrons. The number of anilines is 1. The average Bonchev–Trinajstić information content (AvgIpc) is 2.99. The molecule has 1 fully saturated rings. The van der Waals surface area contributed by atoms with Gasteiger partial charge < -0.3 is 10.1 Å². The minimum atomic E-state index is -0.134. The lowest BCUT2D eigenvalue weighted by Gasteiger charge is -2.34. The van der Waals surface area contributed by atoms with Crippen LogP contribution in [0.1, 0.15) is 32.7 Å². The number of pyridine rings is 2. The van der Waals surface area contributed by atoms with E-state index < -0.39 is 0 Å². The number of ether oxygens (including phenoxy) is 1. The summed E-state index contributed by atoms with van der Waals surface area (Å²) in [6.07, 6.45) is 3.75. The quantitative estimate of drug-likeness (QED) is 0.365. The van der Waals surface area contributed by atoms with Crippen LogP contribution in [-0.4, -0.2) is 59.0 Å². The third kappa shape index (κ3) is 7.51. The summed E-state index contributed by atoms with van der Waals surface area (Å²) in [5.74, 6) is 6.52. The number of nitrogens with one attached hydrogen (secondary N) is 1. The van der Waals surface area contributed by atoms with Crippen molar-refractivity contribution in [3.05, 3.63) is 119 Å². The maximum absolute atomic E-state index is 12.8. The number of piperazine rings is 1.